The van der Waals surface area contributed by atoms with E-state index in [9.17, 15) is 0 Å². The number of hydrogen-bond acceptors (Lipinski definition) is 2. The Hall–Kier alpha value is -6.83. The minimum Gasteiger partial charge on any atom is -0.309 e. The maximum absolute atomic E-state index is 7.75. The second-order valence-corrected chi connectivity index (χ2v) is 12.5. The van der Waals surface area contributed by atoms with Gasteiger partial charge in [0.05, 0.1) is 28.6 Å². The molecule has 4 heteroatoms. The largest absolute Gasteiger partial charge is 0.309 e. The van der Waals surface area contributed by atoms with Crippen LogP contribution in [0.15, 0.2) is 158 Å². The van der Waals surface area contributed by atoms with Crippen LogP contribution in [0, 0.1) is 6.57 Å². The van der Waals surface area contributed by atoms with Crippen LogP contribution in [0.2, 0.25) is 0 Å². The molecule has 49 heavy (non-hydrogen) atoms. The summed E-state index contributed by atoms with van der Waals surface area (Å²) in [7, 11) is 0. The van der Waals surface area contributed by atoms with Crippen LogP contribution >= 0.6 is 0 Å². The Balaban J connectivity index is 1.32. The smallest absolute Gasteiger partial charge is 0.188 e. The lowest BCUT2D eigenvalue weighted by molar-refractivity contribution is 1.18. The summed E-state index contributed by atoms with van der Waals surface area (Å²) < 4.78 is 2.30. The summed E-state index contributed by atoms with van der Waals surface area (Å²) in [4.78, 5) is 13.3. The van der Waals surface area contributed by atoms with Crippen LogP contribution in [-0.2, 0) is 0 Å². The SMILES string of the molecule is [C-]#[N+]c1ccc2c(c1)c1cc(-c3c4ccccc4c(-c4cc5cccnc5c5ncccc45)c4ccccc34)ccc1n2-c1ccccc1. The lowest BCUT2D eigenvalue weighted by atomic mass is 9.84. The molecule has 0 amide bonds. The van der Waals surface area contributed by atoms with E-state index in [0.29, 0.717) is 5.69 Å². The van der Waals surface area contributed by atoms with Gasteiger partial charge in [0.15, 0.2) is 5.69 Å². The number of para-hydroxylation sites is 1. The number of fused-ring (bicyclic) bond motifs is 8. The van der Waals surface area contributed by atoms with E-state index in [-0.39, 0.29) is 0 Å². The van der Waals surface area contributed by atoms with E-state index in [1.165, 1.54) is 32.7 Å². The summed E-state index contributed by atoms with van der Waals surface area (Å²) in [6, 6.07) is 51.4. The lowest BCUT2D eigenvalue weighted by Crippen LogP contribution is -1.94. The van der Waals surface area contributed by atoms with Crippen molar-refractivity contribution in [3.05, 3.63) is 169 Å². The molecule has 0 atom stereocenters. The standard InChI is InChI=1S/C45H26N4/c1-46-30-20-22-41-38(27-30)37-25-28(19-21-40(37)49(41)31-12-3-2-4-13-31)42-32-14-5-7-16-34(32)43(35-17-8-6-15-33(35)42)39-26-29-11-9-23-47-44(29)45-36(39)18-10-24-48-45/h2-27H. The van der Waals surface area contributed by atoms with Crippen molar-refractivity contribution in [2.45, 2.75) is 0 Å². The minimum absolute atomic E-state index is 0.637. The molecule has 0 N–H and O–H groups in total. The van der Waals surface area contributed by atoms with Crippen LogP contribution in [0.1, 0.15) is 0 Å². The highest BCUT2D eigenvalue weighted by molar-refractivity contribution is 6.25. The average molecular weight is 623 g/mol. The molecule has 0 spiro atoms. The fraction of sp³-hybridized carbons (Fsp3) is 0. The third-order valence-corrected chi connectivity index (χ3v) is 9.84. The molecule has 4 nitrogen and oxygen atoms in total. The highest BCUT2D eigenvalue weighted by atomic mass is 15.0. The van der Waals surface area contributed by atoms with Gasteiger partial charge in [-0.05, 0) is 104 Å². The Morgan fingerprint density at radius 3 is 1.78 bits per heavy atom. The fourth-order valence-electron chi connectivity index (χ4n) is 7.80. The third-order valence-electron chi connectivity index (χ3n) is 9.84. The Morgan fingerprint density at radius 1 is 0.469 bits per heavy atom. The van der Waals surface area contributed by atoms with Gasteiger partial charge in [-0.25, -0.2) is 4.85 Å². The van der Waals surface area contributed by atoms with Gasteiger partial charge in [0.25, 0.3) is 0 Å². The van der Waals surface area contributed by atoms with Crippen molar-refractivity contribution >= 4 is 70.8 Å². The molecule has 0 aliphatic rings. The van der Waals surface area contributed by atoms with Crippen molar-refractivity contribution in [1.82, 2.24) is 14.5 Å². The Bertz CT molecular complexity index is 2950. The molecule has 3 aromatic heterocycles. The van der Waals surface area contributed by atoms with Gasteiger partial charge in [-0.15, -0.1) is 0 Å². The number of pyridine rings is 2. The van der Waals surface area contributed by atoms with E-state index < -0.39 is 0 Å². The zero-order valence-electron chi connectivity index (χ0n) is 26.3. The van der Waals surface area contributed by atoms with Crippen LogP contribution in [0.5, 0.6) is 0 Å². The van der Waals surface area contributed by atoms with Crippen LogP contribution in [0.4, 0.5) is 5.69 Å². The fourth-order valence-corrected chi connectivity index (χ4v) is 7.80. The normalized spacial score (nSPS) is 11.7. The minimum atomic E-state index is 0.637. The van der Waals surface area contributed by atoms with E-state index in [1.54, 1.807) is 0 Å². The van der Waals surface area contributed by atoms with Crippen molar-refractivity contribution in [3.8, 4) is 27.9 Å². The molecular weight excluding hydrogens is 597 g/mol. The second-order valence-electron chi connectivity index (χ2n) is 12.5. The molecule has 0 saturated carbocycles. The Kier molecular flexibility index (Phi) is 5.90. The van der Waals surface area contributed by atoms with E-state index in [4.69, 9.17) is 16.5 Å². The van der Waals surface area contributed by atoms with Crippen LogP contribution in [0.3, 0.4) is 0 Å². The van der Waals surface area contributed by atoms with E-state index in [2.05, 4.69) is 125 Å². The Morgan fingerprint density at radius 2 is 1.06 bits per heavy atom. The molecule has 226 valence electrons. The lowest BCUT2D eigenvalue weighted by Gasteiger charge is -2.19. The zero-order chi connectivity index (χ0) is 32.5. The first kappa shape index (κ1) is 27.3. The first-order chi connectivity index (χ1) is 24.3. The highest BCUT2D eigenvalue weighted by Crippen LogP contribution is 2.47. The predicted molar refractivity (Wildman–Crippen MR) is 204 cm³/mol. The summed E-state index contributed by atoms with van der Waals surface area (Å²) in [5.74, 6) is 0. The molecule has 0 unspecified atom stereocenters. The first-order valence-corrected chi connectivity index (χ1v) is 16.4. The molecule has 0 aliphatic carbocycles. The molecule has 0 radical (unpaired) electrons. The molecule has 7 aromatic carbocycles. The summed E-state index contributed by atoms with van der Waals surface area (Å²) in [6.07, 6.45) is 3.69. The van der Waals surface area contributed by atoms with Gasteiger partial charge in [0, 0.05) is 34.2 Å². The van der Waals surface area contributed by atoms with Gasteiger partial charge >= 0.3 is 0 Å². The number of aromatic nitrogens is 3. The topological polar surface area (TPSA) is 35.1 Å². The first-order valence-electron chi connectivity index (χ1n) is 16.4. The summed E-state index contributed by atoms with van der Waals surface area (Å²) in [5, 5.41) is 9.10. The summed E-state index contributed by atoms with van der Waals surface area (Å²) in [5.41, 5.74) is 10.4. The maximum atomic E-state index is 7.75. The predicted octanol–water partition coefficient (Wildman–Crippen LogP) is 12.1. The Labute approximate surface area is 282 Å². The number of nitrogens with zero attached hydrogens (tertiary/aromatic N) is 4. The van der Waals surface area contributed by atoms with Crippen molar-refractivity contribution in [1.29, 1.82) is 0 Å². The van der Waals surface area contributed by atoms with Crippen LogP contribution in [-0.4, -0.2) is 14.5 Å². The van der Waals surface area contributed by atoms with Crippen molar-refractivity contribution in [3.63, 3.8) is 0 Å². The van der Waals surface area contributed by atoms with Gasteiger partial charge in [-0.3, -0.25) is 9.97 Å². The third kappa shape index (κ3) is 4.03. The molecule has 3 heterocycles. The monoisotopic (exact) mass is 622 g/mol. The van der Waals surface area contributed by atoms with E-state index in [0.717, 1.165) is 60.4 Å². The van der Waals surface area contributed by atoms with E-state index in [1.807, 2.05) is 42.7 Å². The molecule has 0 saturated heterocycles. The number of rotatable bonds is 3. The van der Waals surface area contributed by atoms with Crippen molar-refractivity contribution in [2.24, 2.45) is 0 Å². The maximum Gasteiger partial charge on any atom is 0.188 e. The molecule has 0 bridgehead atoms. The summed E-state index contributed by atoms with van der Waals surface area (Å²) in [6.45, 7) is 7.75. The molecular formula is C45H26N4. The zero-order valence-corrected chi connectivity index (χ0v) is 26.3. The summed E-state index contributed by atoms with van der Waals surface area (Å²) >= 11 is 0. The molecule has 0 aliphatic heterocycles. The van der Waals surface area contributed by atoms with Gasteiger partial charge in [-0.1, -0.05) is 91.0 Å². The molecule has 0 fully saturated rings. The van der Waals surface area contributed by atoms with Gasteiger partial charge in [-0.2, -0.15) is 0 Å². The van der Waals surface area contributed by atoms with E-state index >= 15 is 0 Å². The number of hydrogen-bond donors (Lipinski definition) is 0. The average Bonchev–Trinajstić information content (AvgIpc) is 3.50. The van der Waals surface area contributed by atoms with Crippen molar-refractivity contribution < 1.29 is 0 Å². The van der Waals surface area contributed by atoms with Gasteiger partial charge < -0.3 is 4.57 Å². The van der Waals surface area contributed by atoms with Crippen LogP contribution in [0.25, 0.3) is 97.9 Å². The van der Waals surface area contributed by atoms with Crippen LogP contribution < -0.4 is 0 Å². The quantitative estimate of drug-likeness (QED) is 0.112. The van der Waals surface area contributed by atoms with Gasteiger partial charge in [0.2, 0.25) is 0 Å². The van der Waals surface area contributed by atoms with Crippen molar-refractivity contribution in [2.75, 3.05) is 0 Å². The number of benzene rings is 7. The second kappa shape index (κ2) is 10.6. The van der Waals surface area contributed by atoms with Gasteiger partial charge in [0.1, 0.15) is 0 Å². The molecule has 10 aromatic rings. The molecule has 10 rings (SSSR count). The highest BCUT2D eigenvalue weighted by Gasteiger charge is 2.21.